The fourth-order valence-corrected chi connectivity index (χ4v) is 4.53. The lowest BCUT2D eigenvalue weighted by Gasteiger charge is -2.17. The number of nitrogens with zero attached hydrogens (tertiary/aromatic N) is 2. The number of hydrogen-bond donors (Lipinski definition) is 0. The van der Waals surface area contributed by atoms with Crippen molar-refractivity contribution >= 4 is 22.7 Å². The van der Waals surface area contributed by atoms with Gasteiger partial charge in [-0.2, -0.15) is 0 Å². The summed E-state index contributed by atoms with van der Waals surface area (Å²) in [5.41, 5.74) is 1.68. The lowest BCUT2D eigenvalue weighted by Crippen LogP contribution is -2.28. The van der Waals surface area contributed by atoms with Crippen LogP contribution < -0.4 is 15.0 Å². The van der Waals surface area contributed by atoms with Gasteiger partial charge in [0.05, 0.1) is 37.8 Å². The minimum atomic E-state index is -0.0220. The summed E-state index contributed by atoms with van der Waals surface area (Å²) >= 11 is 1.52. The summed E-state index contributed by atoms with van der Waals surface area (Å²) in [6.07, 6.45) is 2.05. The fourth-order valence-electron chi connectivity index (χ4n) is 3.55. The van der Waals surface area contributed by atoms with E-state index in [-0.39, 0.29) is 11.7 Å². The van der Waals surface area contributed by atoms with Crippen LogP contribution in [-0.4, -0.2) is 36.5 Å². The van der Waals surface area contributed by atoms with E-state index in [1.54, 1.807) is 18.8 Å². The van der Waals surface area contributed by atoms with Crippen molar-refractivity contribution in [3.63, 3.8) is 0 Å². The van der Waals surface area contributed by atoms with Gasteiger partial charge in [-0.15, -0.1) is 0 Å². The molecule has 1 aliphatic heterocycles. The van der Waals surface area contributed by atoms with Crippen molar-refractivity contribution in [1.29, 1.82) is 0 Å². The van der Waals surface area contributed by atoms with Gasteiger partial charge in [0.15, 0.2) is 5.16 Å². The number of rotatable bonds is 7. The molecular weight excluding hydrogens is 388 g/mol. The van der Waals surface area contributed by atoms with Gasteiger partial charge in [0.2, 0.25) is 0 Å². The molecule has 0 spiro atoms. The van der Waals surface area contributed by atoms with Crippen LogP contribution in [0.5, 0.6) is 11.5 Å². The molecule has 152 valence electrons. The molecule has 0 aliphatic carbocycles. The van der Waals surface area contributed by atoms with Gasteiger partial charge in [-0.1, -0.05) is 23.9 Å². The van der Waals surface area contributed by atoms with Gasteiger partial charge in [-0.05, 0) is 43.2 Å². The first kappa shape index (κ1) is 19.8. The van der Waals surface area contributed by atoms with Crippen LogP contribution in [0.15, 0.2) is 52.4 Å². The highest BCUT2D eigenvalue weighted by atomic mass is 32.2. The van der Waals surface area contributed by atoms with Crippen molar-refractivity contribution in [3.05, 3.63) is 58.4 Å². The molecule has 4 rings (SSSR count). The monoisotopic (exact) mass is 412 g/mol. The van der Waals surface area contributed by atoms with E-state index in [0.717, 1.165) is 36.5 Å². The summed E-state index contributed by atoms with van der Waals surface area (Å²) in [5, 5.41) is 1.32. The SMILES string of the molecule is COc1ccc(OC)c(CSc2nc3ccccc3c(=O)n2CC2CCCO2)c1. The number of hydrogen-bond acceptors (Lipinski definition) is 6. The molecule has 1 saturated heterocycles. The molecule has 29 heavy (non-hydrogen) atoms. The number of benzene rings is 2. The number of ether oxygens (including phenoxy) is 3. The highest BCUT2D eigenvalue weighted by Crippen LogP contribution is 2.30. The smallest absolute Gasteiger partial charge is 0.262 e. The zero-order valence-corrected chi connectivity index (χ0v) is 17.4. The molecule has 0 saturated carbocycles. The number of para-hydroxylation sites is 1. The molecule has 0 radical (unpaired) electrons. The maximum atomic E-state index is 13.2. The molecule has 2 heterocycles. The van der Waals surface area contributed by atoms with Crippen LogP contribution in [0.3, 0.4) is 0 Å². The summed E-state index contributed by atoms with van der Waals surface area (Å²) in [6.45, 7) is 1.28. The van der Waals surface area contributed by atoms with Crippen LogP contribution in [0.25, 0.3) is 10.9 Å². The fraction of sp³-hybridized carbons (Fsp3) is 0.364. The minimum absolute atomic E-state index is 0.0220. The van der Waals surface area contributed by atoms with Crippen LogP contribution in [0.1, 0.15) is 18.4 Å². The van der Waals surface area contributed by atoms with Crippen LogP contribution in [0.4, 0.5) is 0 Å². The van der Waals surface area contributed by atoms with Crippen molar-refractivity contribution in [1.82, 2.24) is 9.55 Å². The number of thioether (sulfide) groups is 1. The van der Waals surface area contributed by atoms with E-state index in [9.17, 15) is 4.79 Å². The first-order chi connectivity index (χ1) is 14.2. The Morgan fingerprint density at radius 1 is 1.21 bits per heavy atom. The summed E-state index contributed by atoms with van der Waals surface area (Å²) < 4.78 is 18.4. The molecule has 1 aliphatic rings. The lowest BCUT2D eigenvalue weighted by molar-refractivity contribution is 0.0937. The average molecular weight is 413 g/mol. The van der Waals surface area contributed by atoms with Crippen LogP contribution in [-0.2, 0) is 17.0 Å². The minimum Gasteiger partial charge on any atom is -0.497 e. The van der Waals surface area contributed by atoms with Gasteiger partial charge in [0.25, 0.3) is 5.56 Å². The number of fused-ring (bicyclic) bond motifs is 1. The topological polar surface area (TPSA) is 62.6 Å². The molecular formula is C22H24N2O4S. The quantitative estimate of drug-likeness (QED) is 0.433. The molecule has 0 N–H and O–H groups in total. The van der Waals surface area contributed by atoms with E-state index in [0.29, 0.717) is 28.4 Å². The maximum absolute atomic E-state index is 13.2. The summed E-state index contributed by atoms with van der Waals surface area (Å²) in [6, 6.07) is 13.2. The summed E-state index contributed by atoms with van der Waals surface area (Å²) in [7, 11) is 3.29. The van der Waals surface area contributed by atoms with E-state index in [1.165, 1.54) is 11.8 Å². The Balaban J connectivity index is 1.69. The third-order valence-corrected chi connectivity index (χ3v) is 6.11. The molecule has 1 atom stereocenters. The maximum Gasteiger partial charge on any atom is 0.262 e. The van der Waals surface area contributed by atoms with E-state index in [4.69, 9.17) is 19.2 Å². The molecule has 3 aromatic rings. The normalized spacial score (nSPS) is 16.3. The zero-order valence-electron chi connectivity index (χ0n) is 16.6. The lowest BCUT2D eigenvalue weighted by atomic mass is 10.2. The molecule has 0 amide bonds. The molecule has 1 unspecified atom stereocenters. The highest BCUT2D eigenvalue weighted by molar-refractivity contribution is 7.98. The van der Waals surface area contributed by atoms with Crippen molar-refractivity contribution < 1.29 is 14.2 Å². The van der Waals surface area contributed by atoms with Crippen molar-refractivity contribution in [2.24, 2.45) is 0 Å². The molecule has 1 fully saturated rings. The van der Waals surface area contributed by atoms with Gasteiger partial charge in [0, 0.05) is 17.9 Å². The van der Waals surface area contributed by atoms with Gasteiger partial charge in [-0.3, -0.25) is 9.36 Å². The Kier molecular flexibility index (Phi) is 6.06. The average Bonchev–Trinajstić information content (AvgIpc) is 3.27. The number of aromatic nitrogens is 2. The highest BCUT2D eigenvalue weighted by Gasteiger charge is 2.20. The van der Waals surface area contributed by atoms with Gasteiger partial charge < -0.3 is 14.2 Å². The van der Waals surface area contributed by atoms with Crippen LogP contribution in [0, 0.1) is 0 Å². The van der Waals surface area contributed by atoms with Crippen LogP contribution in [0.2, 0.25) is 0 Å². The van der Waals surface area contributed by atoms with Gasteiger partial charge in [0.1, 0.15) is 11.5 Å². The summed E-state index contributed by atoms with van der Waals surface area (Å²) in [5.74, 6) is 2.16. The van der Waals surface area contributed by atoms with Gasteiger partial charge >= 0.3 is 0 Å². The molecule has 2 aromatic carbocycles. The molecule has 1 aromatic heterocycles. The molecule has 0 bridgehead atoms. The Labute approximate surface area is 173 Å². The Hall–Kier alpha value is -2.51. The Bertz CT molecular complexity index is 1060. The third kappa shape index (κ3) is 4.26. The van der Waals surface area contributed by atoms with E-state index in [1.807, 2.05) is 42.5 Å². The second kappa shape index (κ2) is 8.88. The van der Waals surface area contributed by atoms with E-state index >= 15 is 0 Å². The second-order valence-corrected chi connectivity index (χ2v) is 7.87. The Morgan fingerprint density at radius 3 is 2.83 bits per heavy atom. The third-order valence-electron chi connectivity index (χ3n) is 5.08. The predicted molar refractivity (Wildman–Crippen MR) is 114 cm³/mol. The predicted octanol–water partition coefficient (Wildman–Crippen LogP) is 3.89. The van der Waals surface area contributed by atoms with Crippen molar-refractivity contribution in [3.8, 4) is 11.5 Å². The van der Waals surface area contributed by atoms with Crippen molar-refractivity contribution in [2.75, 3.05) is 20.8 Å². The number of methoxy groups -OCH3 is 2. The standard InChI is InChI=1S/C22H24N2O4S/c1-26-16-9-10-20(27-2)15(12-16)14-29-22-23-19-8-4-3-7-18(19)21(25)24(22)13-17-6-5-11-28-17/h3-4,7-10,12,17H,5-6,11,13-14H2,1-2H3. The first-order valence-electron chi connectivity index (χ1n) is 9.64. The van der Waals surface area contributed by atoms with Crippen molar-refractivity contribution in [2.45, 2.75) is 36.4 Å². The van der Waals surface area contributed by atoms with Gasteiger partial charge in [-0.25, -0.2) is 4.98 Å². The Morgan fingerprint density at radius 2 is 2.07 bits per heavy atom. The zero-order chi connectivity index (χ0) is 20.2. The first-order valence-corrected chi connectivity index (χ1v) is 10.6. The second-order valence-electron chi connectivity index (χ2n) is 6.93. The molecule has 6 nitrogen and oxygen atoms in total. The largest absolute Gasteiger partial charge is 0.497 e. The van der Waals surface area contributed by atoms with E-state index in [2.05, 4.69) is 0 Å². The van der Waals surface area contributed by atoms with E-state index < -0.39 is 0 Å². The molecule has 7 heteroatoms. The summed E-state index contributed by atoms with van der Waals surface area (Å²) in [4.78, 5) is 18.0. The van der Waals surface area contributed by atoms with Crippen LogP contribution >= 0.6 is 11.8 Å².